The van der Waals surface area contributed by atoms with Crippen LogP contribution in [0.25, 0.3) is 0 Å². The fraction of sp³-hybridized carbons (Fsp3) is 0.550. The molecule has 0 fully saturated rings. The van der Waals surface area contributed by atoms with Gasteiger partial charge in [-0.1, -0.05) is 19.4 Å². The topological polar surface area (TPSA) is 93.7 Å². The number of thioether (sulfide) groups is 1. The van der Waals surface area contributed by atoms with Crippen molar-refractivity contribution in [2.24, 2.45) is 0 Å². The van der Waals surface area contributed by atoms with Crippen molar-refractivity contribution in [3.63, 3.8) is 0 Å². The number of anilines is 1. The van der Waals surface area contributed by atoms with Gasteiger partial charge in [0.05, 0.1) is 17.9 Å². The minimum Gasteiger partial charge on any atom is -0.462 e. The summed E-state index contributed by atoms with van der Waals surface area (Å²) in [6, 6.07) is 6.67. The van der Waals surface area contributed by atoms with E-state index in [-0.39, 0.29) is 11.7 Å². The Morgan fingerprint density at radius 2 is 1.93 bits per heavy atom. The smallest absolute Gasteiger partial charge is 0.407 e. The molecular weight excluding hydrogens is 380 g/mol. The van der Waals surface area contributed by atoms with E-state index in [9.17, 15) is 14.4 Å². The van der Waals surface area contributed by atoms with Gasteiger partial charge in [-0.05, 0) is 45.4 Å². The number of nitrogens with one attached hydrogen (secondary N) is 2. The number of ether oxygens (including phenoxy) is 2. The second-order valence-electron chi connectivity index (χ2n) is 7.10. The van der Waals surface area contributed by atoms with Crippen LogP contribution in [-0.4, -0.2) is 48.2 Å². The SMILES string of the molecule is CCCCOC(=O)c1cccc(NC(=O)CSCCNC(=O)OC(C)(C)C)c1. The Morgan fingerprint density at radius 3 is 2.61 bits per heavy atom. The minimum atomic E-state index is -0.534. The molecule has 0 spiro atoms. The molecule has 2 N–H and O–H groups in total. The van der Waals surface area contributed by atoms with Crippen LogP contribution in [0.3, 0.4) is 0 Å². The molecule has 0 radical (unpaired) electrons. The van der Waals surface area contributed by atoms with Gasteiger partial charge in [0.2, 0.25) is 5.91 Å². The molecule has 0 aliphatic heterocycles. The van der Waals surface area contributed by atoms with E-state index in [4.69, 9.17) is 9.47 Å². The van der Waals surface area contributed by atoms with Crippen LogP contribution in [0, 0.1) is 0 Å². The number of hydrogen-bond acceptors (Lipinski definition) is 6. The number of benzene rings is 1. The van der Waals surface area contributed by atoms with Crippen LogP contribution in [0.1, 0.15) is 50.9 Å². The Bertz CT molecular complexity index is 658. The maximum Gasteiger partial charge on any atom is 0.407 e. The zero-order valence-corrected chi connectivity index (χ0v) is 17.8. The van der Waals surface area contributed by atoms with E-state index in [2.05, 4.69) is 10.6 Å². The van der Waals surface area contributed by atoms with Crippen molar-refractivity contribution in [1.29, 1.82) is 0 Å². The first-order valence-electron chi connectivity index (χ1n) is 9.33. The van der Waals surface area contributed by atoms with Gasteiger partial charge in [-0.15, -0.1) is 0 Å². The van der Waals surface area contributed by atoms with E-state index in [0.29, 0.717) is 30.2 Å². The number of rotatable bonds is 10. The van der Waals surface area contributed by atoms with E-state index >= 15 is 0 Å². The molecule has 0 saturated heterocycles. The predicted molar refractivity (Wildman–Crippen MR) is 112 cm³/mol. The lowest BCUT2D eigenvalue weighted by Crippen LogP contribution is -2.33. The second kappa shape index (κ2) is 12.3. The summed E-state index contributed by atoms with van der Waals surface area (Å²) < 4.78 is 10.3. The summed E-state index contributed by atoms with van der Waals surface area (Å²) in [6.45, 7) is 8.21. The van der Waals surface area contributed by atoms with Gasteiger partial charge in [0.1, 0.15) is 5.60 Å². The van der Waals surface area contributed by atoms with E-state index in [1.54, 1.807) is 45.0 Å². The van der Waals surface area contributed by atoms with Crippen molar-refractivity contribution in [3.8, 4) is 0 Å². The normalized spacial score (nSPS) is 10.9. The summed E-state index contributed by atoms with van der Waals surface area (Å²) in [5, 5.41) is 5.39. The highest BCUT2D eigenvalue weighted by Gasteiger charge is 2.15. The lowest BCUT2D eigenvalue weighted by Gasteiger charge is -2.19. The van der Waals surface area contributed by atoms with Gasteiger partial charge >= 0.3 is 12.1 Å². The first-order valence-corrected chi connectivity index (χ1v) is 10.5. The van der Waals surface area contributed by atoms with Crippen molar-refractivity contribution in [2.75, 3.05) is 30.0 Å². The Kier molecular flexibility index (Phi) is 10.4. The van der Waals surface area contributed by atoms with Gasteiger partial charge in [-0.25, -0.2) is 9.59 Å². The van der Waals surface area contributed by atoms with Crippen molar-refractivity contribution in [3.05, 3.63) is 29.8 Å². The molecule has 2 amide bonds. The highest BCUT2D eigenvalue weighted by molar-refractivity contribution is 7.99. The van der Waals surface area contributed by atoms with Crippen LogP contribution in [0.15, 0.2) is 24.3 Å². The molecule has 7 nitrogen and oxygen atoms in total. The quantitative estimate of drug-likeness (QED) is 0.450. The van der Waals surface area contributed by atoms with E-state index in [0.717, 1.165) is 12.8 Å². The minimum absolute atomic E-state index is 0.182. The molecule has 0 aliphatic carbocycles. The van der Waals surface area contributed by atoms with Gasteiger partial charge < -0.3 is 20.1 Å². The fourth-order valence-electron chi connectivity index (χ4n) is 2.02. The maximum absolute atomic E-state index is 12.0. The number of unbranched alkanes of at least 4 members (excludes halogenated alkanes) is 1. The van der Waals surface area contributed by atoms with E-state index < -0.39 is 17.7 Å². The Morgan fingerprint density at radius 1 is 1.18 bits per heavy atom. The van der Waals surface area contributed by atoms with Gasteiger partial charge in [0.15, 0.2) is 0 Å². The highest BCUT2D eigenvalue weighted by atomic mass is 32.2. The first kappa shape index (κ1) is 23.8. The molecule has 0 aromatic heterocycles. The maximum atomic E-state index is 12.0. The number of amides is 2. The molecule has 156 valence electrons. The fourth-order valence-corrected chi connectivity index (χ4v) is 2.67. The van der Waals surface area contributed by atoms with Crippen LogP contribution < -0.4 is 10.6 Å². The molecule has 0 unspecified atom stereocenters. The van der Waals surface area contributed by atoms with Gasteiger partial charge in [0, 0.05) is 18.0 Å². The second-order valence-corrected chi connectivity index (χ2v) is 8.20. The first-order chi connectivity index (χ1) is 13.2. The molecule has 8 heteroatoms. The average molecular weight is 411 g/mol. The summed E-state index contributed by atoms with van der Waals surface area (Å²) in [4.78, 5) is 35.5. The highest BCUT2D eigenvalue weighted by Crippen LogP contribution is 2.13. The largest absolute Gasteiger partial charge is 0.462 e. The Balaban J connectivity index is 2.31. The molecule has 0 heterocycles. The summed E-state index contributed by atoms with van der Waals surface area (Å²) in [5.74, 6) is 0.239. The summed E-state index contributed by atoms with van der Waals surface area (Å²) in [6.07, 6.45) is 1.30. The van der Waals surface area contributed by atoms with Gasteiger partial charge in [-0.3, -0.25) is 4.79 Å². The Hall–Kier alpha value is -2.22. The lowest BCUT2D eigenvalue weighted by molar-refractivity contribution is -0.113. The number of hydrogen-bond donors (Lipinski definition) is 2. The zero-order valence-electron chi connectivity index (χ0n) is 17.0. The number of esters is 1. The van der Waals surface area contributed by atoms with Gasteiger partial charge in [-0.2, -0.15) is 11.8 Å². The van der Waals surface area contributed by atoms with Crippen LogP contribution in [0.5, 0.6) is 0 Å². The standard InChI is InChI=1S/C20H30N2O5S/c1-5-6-11-26-18(24)15-8-7-9-16(13-15)22-17(23)14-28-12-10-21-19(25)27-20(2,3)4/h7-9,13H,5-6,10-12,14H2,1-4H3,(H,21,25)(H,22,23). The number of carbonyl (C=O) groups is 3. The van der Waals surface area contributed by atoms with Crippen LogP contribution in [-0.2, 0) is 14.3 Å². The van der Waals surface area contributed by atoms with Crippen molar-refractivity contribution in [1.82, 2.24) is 5.32 Å². The predicted octanol–water partition coefficient (Wildman–Crippen LogP) is 3.84. The molecule has 1 aromatic carbocycles. The van der Waals surface area contributed by atoms with E-state index in [1.165, 1.54) is 11.8 Å². The van der Waals surface area contributed by atoms with Gasteiger partial charge in [0.25, 0.3) is 0 Å². The molecule has 0 aliphatic rings. The van der Waals surface area contributed by atoms with Crippen molar-refractivity contribution >= 4 is 35.4 Å². The van der Waals surface area contributed by atoms with Crippen LogP contribution >= 0.6 is 11.8 Å². The molecular formula is C20H30N2O5S. The third-order valence-corrected chi connectivity index (χ3v) is 4.22. The summed E-state index contributed by atoms with van der Waals surface area (Å²) in [7, 11) is 0. The summed E-state index contributed by atoms with van der Waals surface area (Å²) in [5.41, 5.74) is 0.416. The van der Waals surface area contributed by atoms with Crippen LogP contribution in [0.2, 0.25) is 0 Å². The monoisotopic (exact) mass is 410 g/mol. The molecule has 0 atom stereocenters. The third-order valence-electron chi connectivity index (χ3n) is 3.26. The third kappa shape index (κ3) is 10.8. The Labute approximate surface area is 170 Å². The lowest BCUT2D eigenvalue weighted by atomic mass is 10.2. The van der Waals surface area contributed by atoms with Crippen molar-refractivity contribution in [2.45, 2.75) is 46.1 Å². The average Bonchev–Trinajstić information content (AvgIpc) is 2.60. The molecule has 1 rings (SSSR count). The van der Waals surface area contributed by atoms with Crippen LogP contribution in [0.4, 0.5) is 10.5 Å². The molecule has 0 bridgehead atoms. The van der Waals surface area contributed by atoms with E-state index in [1.807, 2.05) is 6.92 Å². The molecule has 28 heavy (non-hydrogen) atoms. The zero-order chi connectivity index (χ0) is 21.0. The van der Waals surface area contributed by atoms with Crippen molar-refractivity contribution < 1.29 is 23.9 Å². The summed E-state index contributed by atoms with van der Waals surface area (Å²) >= 11 is 1.39. The number of alkyl carbamates (subject to hydrolysis) is 1. The molecule has 1 aromatic rings. The molecule has 0 saturated carbocycles. The number of carbonyl (C=O) groups excluding carboxylic acids is 3.